The van der Waals surface area contributed by atoms with E-state index in [-0.39, 0.29) is 10.0 Å². The SMILES string of the molecule is O=C(O)c1c2c(nc3cc(F)c(Br)cc13)CCCC2. The van der Waals surface area contributed by atoms with E-state index in [2.05, 4.69) is 20.9 Å². The number of halogens is 2. The lowest BCUT2D eigenvalue weighted by molar-refractivity contribution is 0.0697. The van der Waals surface area contributed by atoms with Gasteiger partial charge in [0.2, 0.25) is 0 Å². The molecule has 0 spiro atoms. The number of aromatic nitrogens is 1. The lowest BCUT2D eigenvalue weighted by Gasteiger charge is -2.18. The lowest BCUT2D eigenvalue weighted by atomic mass is 9.90. The van der Waals surface area contributed by atoms with Gasteiger partial charge in [0, 0.05) is 17.1 Å². The van der Waals surface area contributed by atoms with Crippen molar-refractivity contribution in [3.63, 3.8) is 0 Å². The van der Waals surface area contributed by atoms with Gasteiger partial charge in [-0.1, -0.05) is 0 Å². The van der Waals surface area contributed by atoms with Crippen molar-refractivity contribution in [1.29, 1.82) is 0 Å². The Labute approximate surface area is 117 Å². The molecule has 0 fully saturated rings. The van der Waals surface area contributed by atoms with E-state index < -0.39 is 11.8 Å². The van der Waals surface area contributed by atoms with Crippen molar-refractivity contribution >= 4 is 32.8 Å². The Hall–Kier alpha value is -1.49. The highest BCUT2D eigenvalue weighted by molar-refractivity contribution is 9.10. The Morgan fingerprint density at radius 2 is 2.05 bits per heavy atom. The van der Waals surface area contributed by atoms with Crippen LogP contribution in [0, 0.1) is 5.82 Å². The van der Waals surface area contributed by atoms with Crippen LogP contribution in [0.5, 0.6) is 0 Å². The molecule has 1 aliphatic carbocycles. The zero-order valence-electron chi connectivity index (χ0n) is 10.0. The van der Waals surface area contributed by atoms with Crippen LogP contribution >= 0.6 is 15.9 Å². The van der Waals surface area contributed by atoms with Gasteiger partial charge in [0.1, 0.15) is 5.82 Å². The molecule has 98 valence electrons. The first kappa shape index (κ1) is 12.5. The van der Waals surface area contributed by atoms with Crippen LogP contribution in [-0.4, -0.2) is 16.1 Å². The fraction of sp³-hybridized carbons (Fsp3) is 0.286. The van der Waals surface area contributed by atoms with Gasteiger partial charge >= 0.3 is 5.97 Å². The number of hydrogen-bond acceptors (Lipinski definition) is 2. The smallest absolute Gasteiger partial charge is 0.336 e. The fourth-order valence-electron chi connectivity index (χ4n) is 2.66. The van der Waals surface area contributed by atoms with Crippen LogP contribution in [0.2, 0.25) is 0 Å². The van der Waals surface area contributed by atoms with Gasteiger partial charge in [-0.05, 0) is 53.2 Å². The molecule has 0 unspecified atom stereocenters. The highest BCUT2D eigenvalue weighted by atomic mass is 79.9. The Morgan fingerprint density at radius 1 is 1.32 bits per heavy atom. The van der Waals surface area contributed by atoms with E-state index in [0.717, 1.165) is 36.9 Å². The summed E-state index contributed by atoms with van der Waals surface area (Å²) in [5.41, 5.74) is 2.31. The van der Waals surface area contributed by atoms with Gasteiger partial charge in [0.25, 0.3) is 0 Å². The zero-order chi connectivity index (χ0) is 13.6. The number of fused-ring (bicyclic) bond motifs is 2. The van der Waals surface area contributed by atoms with Crippen LogP contribution in [0.3, 0.4) is 0 Å². The normalized spacial score (nSPS) is 14.4. The molecule has 0 bridgehead atoms. The Bertz CT molecular complexity index is 700. The molecular weight excluding hydrogens is 313 g/mol. The molecule has 5 heteroatoms. The van der Waals surface area contributed by atoms with Crippen molar-refractivity contribution in [3.8, 4) is 0 Å². The summed E-state index contributed by atoms with van der Waals surface area (Å²) in [6, 6.07) is 2.80. The lowest BCUT2D eigenvalue weighted by Crippen LogP contribution is -2.13. The van der Waals surface area contributed by atoms with Gasteiger partial charge < -0.3 is 5.11 Å². The predicted molar refractivity (Wildman–Crippen MR) is 73.0 cm³/mol. The summed E-state index contributed by atoms with van der Waals surface area (Å²) in [6.07, 6.45) is 3.48. The van der Waals surface area contributed by atoms with E-state index >= 15 is 0 Å². The first-order chi connectivity index (χ1) is 9.08. The standard InChI is InChI=1S/C14H11BrFNO2/c15-9-5-8-12(6-10(9)16)17-11-4-2-1-3-7(11)13(8)14(18)19/h5-6H,1-4H2,(H,18,19). The summed E-state index contributed by atoms with van der Waals surface area (Å²) >= 11 is 3.10. The van der Waals surface area contributed by atoms with E-state index in [1.54, 1.807) is 0 Å². The van der Waals surface area contributed by atoms with Crippen molar-refractivity contribution in [1.82, 2.24) is 4.98 Å². The Balaban J connectivity index is 2.42. The maximum atomic E-state index is 13.6. The second-order valence-corrected chi connectivity index (χ2v) is 5.56. The van der Waals surface area contributed by atoms with Crippen LogP contribution in [-0.2, 0) is 12.8 Å². The van der Waals surface area contributed by atoms with E-state index in [1.165, 1.54) is 12.1 Å². The van der Waals surface area contributed by atoms with E-state index in [1.807, 2.05) is 0 Å². The van der Waals surface area contributed by atoms with E-state index in [9.17, 15) is 14.3 Å². The summed E-state index contributed by atoms with van der Waals surface area (Å²) in [5, 5.41) is 9.96. The second-order valence-electron chi connectivity index (χ2n) is 4.71. The maximum Gasteiger partial charge on any atom is 0.336 e. The minimum Gasteiger partial charge on any atom is -0.478 e. The Morgan fingerprint density at radius 3 is 2.79 bits per heavy atom. The third-order valence-corrected chi connectivity index (χ3v) is 4.13. The molecule has 19 heavy (non-hydrogen) atoms. The summed E-state index contributed by atoms with van der Waals surface area (Å²) in [7, 11) is 0. The topological polar surface area (TPSA) is 50.2 Å². The van der Waals surface area contributed by atoms with Gasteiger partial charge in [0.05, 0.1) is 15.6 Å². The van der Waals surface area contributed by atoms with Gasteiger partial charge in [-0.15, -0.1) is 0 Å². The fourth-order valence-corrected chi connectivity index (χ4v) is 3.01. The molecule has 0 amide bonds. The number of aromatic carboxylic acids is 1. The summed E-state index contributed by atoms with van der Waals surface area (Å²) < 4.78 is 13.8. The minimum absolute atomic E-state index is 0.264. The number of carboxylic acids is 1. The molecule has 0 atom stereocenters. The van der Waals surface area contributed by atoms with E-state index in [4.69, 9.17) is 0 Å². The van der Waals surface area contributed by atoms with Gasteiger partial charge in [-0.3, -0.25) is 4.98 Å². The second kappa shape index (κ2) is 4.56. The summed E-state index contributed by atoms with van der Waals surface area (Å²) in [4.78, 5) is 16.0. The molecule has 0 radical (unpaired) electrons. The predicted octanol–water partition coefficient (Wildman–Crippen LogP) is 3.71. The maximum absolute atomic E-state index is 13.6. The molecule has 1 aliphatic rings. The zero-order valence-corrected chi connectivity index (χ0v) is 11.6. The van der Waals surface area contributed by atoms with Crippen molar-refractivity contribution in [3.05, 3.63) is 39.2 Å². The third-order valence-electron chi connectivity index (χ3n) is 3.52. The number of aryl methyl sites for hydroxylation is 1. The van der Waals surface area contributed by atoms with E-state index in [0.29, 0.717) is 10.9 Å². The summed E-state index contributed by atoms with van der Waals surface area (Å²) in [6.45, 7) is 0. The molecule has 3 rings (SSSR count). The van der Waals surface area contributed by atoms with Crippen LogP contribution in [0.25, 0.3) is 10.9 Å². The number of rotatable bonds is 1. The number of benzene rings is 1. The molecule has 1 aromatic carbocycles. The molecule has 0 aliphatic heterocycles. The quantitative estimate of drug-likeness (QED) is 0.870. The van der Waals surface area contributed by atoms with Crippen molar-refractivity contribution in [2.45, 2.75) is 25.7 Å². The molecule has 0 saturated carbocycles. The number of nitrogens with zero attached hydrogens (tertiary/aromatic N) is 1. The highest BCUT2D eigenvalue weighted by Crippen LogP contribution is 2.31. The minimum atomic E-state index is -0.968. The molecule has 1 heterocycles. The molecule has 3 nitrogen and oxygen atoms in total. The molecule has 2 aromatic rings. The number of hydrogen-bond donors (Lipinski definition) is 1. The first-order valence-electron chi connectivity index (χ1n) is 6.11. The summed E-state index contributed by atoms with van der Waals surface area (Å²) in [5.74, 6) is -1.39. The average Bonchev–Trinajstić information content (AvgIpc) is 2.37. The largest absolute Gasteiger partial charge is 0.478 e. The number of pyridine rings is 1. The van der Waals surface area contributed by atoms with Crippen molar-refractivity contribution < 1.29 is 14.3 Å². The van der Waals surface area contributed by atoms with Crippen LogP contribution in [0.15, 0.2) is 16.6 Å². The van der Waals surface area contributed by atoms with Gasteiger partial charge in [-0.25, -0.2) is 9.18 Å². The average molecular weight is 324 g/mol. The molecular formula is C14H11BrFNO2. The highest BCUT2D eigenvalue weighted by Gasteiger charge is 2.22. The van der Waals surface area contributed by atoms with Crippen LogP contribution in [0.1, 0.15) is 34.5 Å². The Kier molecular flexibility index (Phi) is 3.01. The van der Waals surface area contributed by atoms with Gasteiger partial charge in [0.15, 0.2) is 0 Å². The number of carbonyl (C=O) groups is 1. The molecule has 0 saturated heterocycles. The van der Waals surface area contributed by atoms with Crippen molar-refractivity contribution in [2.24, 2.45) is 0 Å². The van der Waals surface area contributed by atoms with Gasteiger partial charge in [-0.2, -0.15) is 0 Å². The third kappa shape index (κ3) is 2.02. The monoisotopic (exact) mass is 323 g/mol. The van der Waals surface area contributed by atoms with Crippen molar-refractivity contribution in [2.75, 3.05) is 0 Å². The van der Waals surface area contributed by atoms with Crippen LogP contribution < -0.4 is 0 Å². The van der Waals surface area contributed by atoms with Crippen LogP contribution in [0.4, 0.5) is 4.39 Å². The molecule has 1 aromatic heterocycles. The molecule has 1 N–H and O–H groups in total. The first-order valence-corrected chi connectivity index (χ1v) is 6.91. The number of carboxylic acid groups (broad SMARTS) is 1.